The maximum Gasteiger partial charge on any atom is 0.488 e. The Morgan fingerprint density at radius 1 is 0.377 bits per heavy atom. The minimum atomic E-state index is -1.44. The highest BCUT2D eigenvalue weighted by atomic mass is 35.5. The fraction of sp³-hybridized carbons (Fsp3) is 0.0154. The zero-order chi connectivity index (χ0) is 50.9. The molecule has 0 amide bonds. The number of thiophene rings is 2. The van der Waals surface area contributed by atoms with Gasteiger partial charge in [-0.3, -0.25) is 0 Å². The van der Waals surface area contributed by atoms with E-state index in [-0.39, 0.29) is 7.43 Å². The molecule has 0 fully saturated rings. The van der Waals surface area contributed by atoms with Crippen molar-refractivity contribution in [2.45, 2.75) is 7.43 Å². The van der Waals surface area contributed by atoms with Crippen LogP contribution in [0.2, 0.25) is 5.02 Å². The van der Waals surface area contributed by atoms with Crippen LogP contribution in [-0.4, -0.2) is 37.1 Å². The minimum Gasteiger partial charge on any atom is -0.436 e. The molecule has 2 N–H and O–H groups in total. The Kier molecular flexibility index (Phi) is 12.3. The number of fused-ring (bicyclic) bond motifs is 14. The van der Waals surface area contributed by atoms with E-state index >= 15 is 0 Å². The molecule has 77 heavy (non-hydrogen) atoms. The van der Waals surface area contributed by atoms with E-state index in [2.05, 4.69) is 136 Å². The average Bonchev–Trinajstić information content (AvgIpc) is 4.24. The number of para-hydroxylation sites is 4. The number of rotatable bonds is 4. The van der Waals surface area contributed by atoms with Crippen LogP contribution in [0.15, 0.2) is 227 Å². The van der Waals surface area contributed by atoms with Gasteiger partial charge in [-0.05, 0) is 112 Å². The number of nitrogens with zero attached hydrogens (tertiary/aromatic N) is 4. The third-order valence-electron chi connectivity index (χ3n) is 13.7. The predicted octanol–water partition coefficient (Wildman–Crippen LogP) is 17.5. The van der Waals surface area contributed by atoms with Crippen molar-refractivity contribution in [3.8, 4) is 33.4 Å². The molecule has 6 heterocycles. The summed E-state index contributed by atoms with van der Waals surface area (Å²) >= 11 is 9.64. The molecule has 0 atom stereocenters. The van der Waals surface area contributed by atoms with Crippen molar-refractivity contribution in [3.05, 3.63) is 223 Å². The standard InChI is InChI=1S/C32H18N2OS.C18H13BO2S.C14H7ClN2O.CH4/c1-4-14-29-23(9-1)24-11-6-10-22(31(24)36-29)21-8-5-7-19(17-21)20-15-16-28-25(18-20)30-32(35-28)34-27-13-3-2-12-26(27)33-30;20-19(21)13-6-3-5-12(11-13)14-8-4-9-16-15-7-1-2-10-17(15)22-18(14)16;15-8-5-6-12-9(7-8)13-14(18-12)17-11-4-2-1-3-10(11)16-13;/h1-18H;1-11,20-21H;1-7H;1H4. The van der Waals surface area contributed by atoms with Crippen molar-refractivity contribution in [3.63, 3.8) is 0 Å². The van der Waals surface area contributed by atoms with Gasteiger partial charge in [0.05, 0.1) is 27.5 Å². The Labute approximate surface area is 453 Å². The van der Waals surface area contributed by atoms with Gasteiger partial charge >= 0.3 is 7.12 Å². The van der Waals surface area contributed by atoms with Crippen LogP contribution in [-0.2, 0) is 0 Å². The molecule has 0 unspecified atom stereocenters. The molecule has 0 aliphatic rings. The van der Waals surface area contributed by atoms with Crippen molar-refractivity contribution < 1.29 is 18.9 Å². The van der Waals surface area contributed by atoms with Crippen molar-refractivity contribution in [2.24, 2.45) is 0 Å². The Hall–Kier alpha value is -8.81. The third kappa shape index (κ3) is 8.70. The molecular formula is C65H42BClN4O4S2. The highest BCUT2D eigenvalue weighted by molar-refractivity contribution is 7.26. The molecule has 0 aliphatic carbocycles. The van der Waals surface area contributed by atoms with E-state index in [4.69, 9.17) is 25.4 Å². The highest BCUT2D eigenvalue weighted by Gasteiger charge is 2.17. The summed E-state index contributed by atoms with van der Waals surface area (Å²) in [5.74, 6) is 0. The van der Waals surface area contributed by atoms with Gasteiger partial charge in [-0.15, -0.1) is 22.7 Å². The molecule has 8 nitrogen and oxygen atoms in total. The largest absolute Gasteiger partial charge is 0.488 e. The lowest BCUT2D eigenvalue weighted by Crippen LogP contribution is -2.29. The lowest BCUT2D eigenvalue weighted by Gasteiger charge is -2.08. The lowest BCUT2D eigenvalue weighted by molar-refractivity contribution is 0.426. The summed E-state index contributed by atoms with van der Waals surface area (Å²) in [7, 11) is -1.44. The maximum absolute atomic E-state index is 9.38. The first kappa shape index (κ1) is 47.9. The molecule has 0 saturated carbocycles. The van der Waals surface area contributed by atoms with Crippen LogP contribution in [0.25, 0.3) is 140 Å². The minimum absolute atomic E-state index is 0. The zero-order valence-corrected chi connectivity index (χ0v) is 42.4. The summed E-state index contributed by atoms with van der Waals surface area (Å²) in [6, 6.07) is 73.6. The van der Waals surface area contributed by atoms with Gasteiger partial charge in [0.2, 0.25) is 11.4 Å². The maximum atomic E-state index is 9.38. The second-order valence-electron chi connectivity index (χ2n) is 18.4. The molecule has 16 aromatic rings. The normalized spacial score (nSPS) is 11.5. The Morgan fingerprint density at radius 3 is 1.39 bits per heavy atom. The van der Waals surface area contributed by atoms with Crippen LogP contribution >= 0.6 is 34.3 Å². The fourth-order valence-electron chi connectivity index (χ4n) is 10.1. The van der Waals surface area contributed by atoms with Gasteiger partial charge in [-0.25, -0.2) is 19.9 Å². The Balaban J connectivity index is 0.000000118. The Morgan fingerprint density at radius 2 is 0.818 bits per heavy atom. The molecule has 0 bridgehead atoms. The second-order valence-corrected chi connectivity index (χ2v) is 21.0. The van der Waals surface area contributed by atoms with Crippen LogP contribution < -0.4 is 5.46 Å². The van der Waals surface area contributed by atoms with Gasteiger partial charge in [-0.2, -0.15) is 0 Å². The molecule has 0 aliphatic heterocycles. The monoisotopic (exact) mass is 1050 g/mol. The molecule has 0 radical (unpaired) electrons. The van der Waals surface area contributed by atoms with E-state index in [1.807, 2.05) is 96.3 Å². The molecule has 6 aromatic heterocycles. The van der Waals surface area contributed by atoms with Crippen LogP contribution in [0.1, 0.15) is 7.43 Å². The van der Waals surface area contributed by atoms with Crippen molar-refractivity contribution in [1.82, 2.24) is 19.9 Å². The van der Waals surface area contributed by atoms with E-state index in [1.54, 1.807) is 23.5 Å². The van der Waals surface area contributed by atoms with Gasteiger partial charge in [-0.1, -0.05) is 165 Å². The van der Waals surface area contributed by atoms with Gasteiger partial charge in [0, 0.05) is 50.8 Å². The number of halogens is 1. The smallest absolute Gasteiger partial charge is 0.436 e. The van der Waals surface area contributed by atoms with Crippen molar-refractivity contribution in [1.29, 1.82) is 0 Å². The van der Waals surface area contributed by atoms with Crippen LogP contribution in [0.5, 0.6) is 0 Å². The number of benzene rings is 10. The van der Waals surface area contributed by atoms with Gasteiger partial charge in [0.25, 0.3) is 0 Å². The van der Waals surface area contributed by atoms with E-state index in [0.717, 1.165) is 77.3 Å². The number of aromatic nitrogens is 4. The van der Waals surface area contributed by atoms with E-state index in [0.29, 0.717) is 21.9 Å². The molecule has 0 spiro atoms. The predicted molar refractivity (Wildman–Crippen MR) is 324 cm³/mol. The summed E-state index contributed by atoms with van der Waals surface area (Å²) in [5.41, 5.74) is 15.0. The summed E-state index contributed by atoms with van der Waals surface area (Å²) in [4.78, 5) is 18.6. The first-order chi connectivity index (χ1) is 37.4. The highest BCUT2D eigenvalue weighted by Crippen LogP contribution is 2.42. The van der Waals surface area contributed by atoms with Gasteiger partial charge < -0.3 is 18.9 Å². The zero-order valence-electron chi connectivity index (χ0n) is 40.1. The first-order valence-electron chi connectivity index (χ1n) is 24.6. The molecular weight excluding hydrogens is 1010 g/mol. The third-order valence-corrected chi connectivity index (χ3v) is 16.4. The molecule has 12 heteroatoms. The average molecular weight is 1050 g/mol. The van der Waals surface area contributed by atoms with E-state index in [9.17, 15) is 10.0 Å². The summed E-state index contributed by atoms with van der Waals surface area (Å²) in [6.07, 6.45) is 0. The molecule has 10 aromatic carbocycles. The summed E-state index contributed by atoms with van der Waals surface area (Å²) in [6.45, 7) is 0. The lowest BCUT2D eigenvalue weighted by atomic mass is 9.79. The SMILES string of the molecule is C.Clc1ccc2oc3nc4ccccc4nc3c2c1.OB(O)c1cccc(-c2cccc3c2sc2ccccc23)c1.c1cc(-c2ccc3oc4nc5ccccc5nc4c3c2)cc(-c2cccc3c2sc2ccccc23)c1. The van der Waals surface area contributed by atoms with E-state index in [1.165, 1.54) is 51.5 Å². The van der Waals surface area contributed by atoms with Crippen molar-refractivity contribution in [2.75, 3.05) is 0 Å². The second kappa shape index (κ2) is 19.7. The number of hydrogen-bond acceptors (Lipinski definition) is 10. The summed E-state index contributed by atoms with van der Waals surface area (Å²) < 4.78 is 16.9. The van der Waals surface area contributed by atoms with Crippen LogP contribution in [0, 0.1) is 0 Å². The Bertz CT molecular complexity index is 4930. The molecule has 368 valence electrons. The number of furan rings is 2. The van der Waals surface area contributed by atoms with E-state index < -0.39 is 7.12 Å². The van der Waals surface area contributed by atoms with Gasteiger partial charge in [0.15, 0.2) is 0 Å². The quantitative estimate of drug-likeness (QED) is 0.167. The molecule has 0 saturated heterocycles. The van der Waals surface area contributed by atoms with Gasteiger partial charge in [0.1, 0.15) is 22.2 Å². The summed E-state index contributed by atoms with van der Waals surface area (Å²) in [5, 5.41) is 26.5. The van der Waals surface area contributed by atoms with Crippen LogP contribution in [0.3, 0.4) is 0 Å². The molecule has 16 rings (SSSR count). The van der Waals surface area contributed by atoms with Crippen molar-refractivity contribution >= 4 is 154 Å². The number of hydrogen-bond donors (Lipinski definition) is 2. The topological polar surface area (TPSA) is 118 Å². The fourth-order valence-corrected chi connectivity index (χ4v) is 12.8. The first-order valence-corrected chi connectivity index (χ1v) is 26.6. The van der Waals surface area contributed by atoms with Crippen LogP contribution in [0.4, 0.5) is 0 Å².